The molecule has 1 fully saturated rings. The second kappa shape index (κ2) is 4.78. The maximum Gasteiger partial charge on any atom is 0.256 e. The Labute approximate surface area is 112 Å². The first-order valence-electron chi connectivity index (χ1n) is 5.87. The van der Waals surface area contributed by atoms with Crippen molar-refractivity contribution in [1.29, 1.82) is 0 Å². The number of nitrogens with two attached hydrogens (primary N) is 1. The van der Waals surface area contributed by atoms with Crippen molar-refractivity contribution in [3.63, 3.8) is 0 Å². The molecule has 4 nitrogen and oxygen atoms in total. The fraction of sp³-hybridized carbons (Fsp3) is 0.462. The number of nitrogens with zero attached hydrogens (tertiary/aromatic N) is 1. The summed E-state index contributed by atoms with van der Waals surface area (Å²) >= 11 is 5.83. The van der Waals surface area contributed by atoms with Crippen molar-refractivity contribution in [3.05, 3.63) is 28.8 Å². The van der Waals surface area contributed by atoms with E-state index < -0.39 is 0 Å². The summed E-state index contributed by atoms with van der Waals surface area (Å²) in [7, 11) is 0. The Bertz CT molecular complexity index is 474. The molecule has 1 aliphatic rings. The standard InChI is InChI=1S/C13H17ClN2O2/c1-13(2)8-16(5-6-18-13)12(17)10-4-3-9(14)7-11(10)15/h3-4,7H,5-6,8,15H2,1-2H3. The summed E-state index contributed by atoms with van der Waals surface area (Å²) < 4.78 is 5.58. The van der Waals surface area contributed by atoms with Gasteiger partial charge in [-0.05, 0) is 32.0 Å². The molecule has 1 saturated heterocycles. The molecule has 5 heteroatoms. The second-order valence-corrected chi connectivity index (χ2v) is 5.50. The van der Waals surface area contributed by atoms with Crippen LogP contribution < -0.4 is 5.73 Å². The molecule has 1 aromatic rings. The molecule has 0 aromatic heterocycles. The monoisotopic (exact) mass is 268 g/mol. The Morgan fingerprint density at radius 1 is 1.50 bits per heavy atom. The minimum absolute atomic E-state index is 0.0689. The lowest BCUT2D eigenvalue weighted by Gasteiger charge is -2.38. The predicted molar refractivity (Wildman–Crippen MR) is 71.8 cm³/mol. The van der Waals surface area contributed by atoms with Gasteiger partial charge in [-0.1, -0.05) is 11.6 Å². The SMILES string of the molecule is CC1(C)CN(C(=O)c2ccc(Cl)cc2N)CCO1. The number of hydrogen-bond donors (Lipinski definition) is 1. The molecule has 1 heterocycles. The van der Waals surface area contributed by atoms with Crippen LogP contribution in [0.25, 0.3) is 0 Å². The van der Waals surface area contributed by atoms with Gasteiger partial charge in [-0.2, -0.15) is 0 Å². The van der Waals surface area contributed by atoms with Gasteiger partial charge in [0.05, 0.1) is 17.8 Å². The van der Waals surface area contributed by atoms with Gasteiger partial charge in [0.15, 0.2) is 0 Å². The van der Waals surface area contributed by atoms with E-state index in [9.17, 15) is 4.79 Å². The first-order chi connectivity index (χ1) is 8.39. The number of morpholine rings is 1. The highest BCUT2D eigenvalue weighted by Crippen LogP contribution is 2.23. The Hall–Kier alpha value is -1.26. The number of ether oxygens (including phenoxy) is 1. The molecule has 1 aliphatic heterocycles. The number of benzene rings is 1. The zero-order chi connectivity index (χ0) is 13.3. The second-order valence-electron chi connectivity index (χ2n) is 5.07. The highest BCUT2D eigenvalue weighted by molar-refractivity contribution is 6.31. The smallest absolute Gasteiger partial charge is 0.256 e. The van der Waals surface area contributed by atoms with E-state index in [2.05, 4.69) is 0 Å². The predicted octanol–water partition coefficient (Wildman–Crippen LogP) is 2.17. The topological polar surface area (TPSA) is 55.6 Å². The average molecular weight is 269 g/mol. The van der Waals surface area contributed by atoms with Crippen molar-refractivity contribution in [3.8, 4) is 0 Å². The summed E-state index contributed by atoms with van der Waals surface area (Å²) in [6, 6.07) is 4.94. The molecule has 2 N–H and O–H groups in total. The van der Waals surface area contributed by atoms with Gasteiger partial charge < -0.3 is 15.4 Å². The van der Waals surface area contributed by atoms with Gasteiger partial charge >= 0.3 is 0 Å². The third kappa shape index (κ3) is 2.76. The molecule has 0 atom stereocenters. The highest BCUT2D eigenvalue weighted by Gasteiger charge is 2.30. The summed E-state index contributed by atoms with van der Waals surface area (Å²) in [5, 5.41) is 0.534. The summed E-state index contributed by atoms with van der Waals surface area (Å²) in [5.74, 6) is -0.0689. The van der Waals surface area contributed by atoms with E-state index in [4.69, 9.17) is 22.1 Å². The van der Waals surface area contributed by atoms with E-state index in [-0.39, 0.29) is 11.5 Å². The molecule has 0 spiro atoms. The van der Waals surface area contributed by atoms with E-state index in [0.29, 0.717) is 36.0 Å². The van der Waals surface area contributed by atoms with Crippen LogP contribution in [0.1, 0.15) is 24.2 Å². The van der Waals surface area contributed by atoms with E-state index in [1.54, 1.807) is 23.1 Å². The molecule has 2 rings (SSSR count). The average Bonchev–Trinajstić information content (AvgIpc) is 2.27. The molecule has 1 amide bonds. The van der Waals surface area contributed by atoms with Gasteiger partial charge in [-0.15, -0.1) is 0 Å². The van der Waals surface area contributed by atoms with Crippen molar-refractivity contribution in [1.82, 2.24) is 4.90 Å². The van der Waals surface area contributed by atoms with Crippen LogP contribution in [0.4, 0.5) is 5.69 Å². The van der Waals surface area contributed by atoms with Gasteiger partial charge in [0.2, 0.25) is 0 Å². The third-order valence-electron chi connectivity index (χ3n) is 2.96. The summed E-state index contributed by atoms with van der Waals surface area (Å²) in [5.41, 5.74) is 6.43. The van der Waals surface area contributed by atoms with E-state index in [1.165, 1.54) is 0 Å². The molecule has 18 heavy (non-hydrogen) atoms. The fourth-order valence-corrected chi connectivity index (χ4v) is 2.27. The maximum absolute atomic E-state index is 12.4. The summed E-state index contributed by atoms with van der Waals surface area (Å²) in [6.07, 6.45) is 0. The zero-order valence-electron chi connectivity index (χ0n) is 10.6. The Balaban J connectivity index is 2.20. The molecule has 0 radical (unpaired) electrons. The lowest BCUT2D eigenvalue weighted by Crippen LogP contribution is -2.50. The molecule has 0 saturated carbocycles. The molecule has 98 valence electrons. The van der Waals surface area contributed by atoms with Gasteiger partial charge in [-0.25, -0.2) is 0 Å². The molecular weight excluding hydrogens is 252 g/mol. The van der Waals surface area contributed by atoms with Crippen molar-refractivity contribution in [2.45, 2.75) is 19.4 Å². The number of halogens is 1. The highest BCUT2D eigenvalue weighted by atomic mass is 35.5. The van der Waals surface area contributed by atoms with Crippen LogP contribution in [0.2, 0.25) is 5.02 Å². The number of amides is 1. The molecule has 1 aromatic carbocycles. The number of carbonyl (C=O) groups is 1. The lowest BCUT2D eigenvalue weighted by atomic mass is 10.1. The third-order valence-corrected chi connectivity index (χ3v) is 3.19. The van der Waals surface area contributed by atoms with Crippen LogP contribution in [0.5, 0.6) is 0 Å². The van der Waals surface area contributed by atoms with Gasteiger partial charge in [0.25, 0.3) is 5.91 Å². The zero-order valence-corrected chi connectivity index (χ0v) is 11.3. The van der Waals surface area contributed by atoms with Crippen LogP contribution in [0.15, 0.2) is 18.2 Å². The Kier molecular flexibility index (Phi) is 3.50. The first-order valence-corrected chi connectivity index (χ1v) is 6.25. The van der Waals surface area contributed by atoms with Crippen LogP contribution in [0, 0.1) is 0 Å². The number of nitrogen functional groups attached to an aromatic ring is 1. The minimum atomic E-state index is -0.310. The van der Waals surface area contributed by atoms with E-state index >= 15 is 0 Å². The quantitative estimate of drug-likeness (QED) is 0.794. The van der Waals surface area contributed by atoms with Gasteiger partial charge in [0.1, 0.15) is 0 Å². The van der Waals surface area contributed by atoms with Crippen LogP contribution in [0.3, 0.4) is 0 Å². The maximum atomic E-state index is 12.4. The summed E-state index contributed by atoms with van der Waals surface area (Å²) in [4.78, 5) is 14.1. The summed E-state index contributed by atoms with van der Waals surface area (Å²) in [6.45, 7) is 5.64. The minimum Gasteiger partial charge on any atom is -0.398 e. The van der Waals surface area contributed by atoms with Crippen molar-refractivity contribution in [2.75, 3.05) is 25.4 Å². The largest absolute Gasteiger partial charge is 0.398 e. The van der Waals surface area contributed by atoms with Crippen LogP contribution in [-0.2, 0) is 4.74 Å². The molecular formula is C13H17ClN2O2. The van der Waals surface area contributed by atoms with Crippen molar-refractivity contribution in [2.24, 2.45) is 0 Å². The fourth-order valence-electron chi connectivity index (χ4n) is 2.09. The van der Waals surface area contributed by atoms with Crippen LogP contribution >= 0.6 is 11.6 Å². The normalized spacial score (nSPS) is 18.7. The van der Waals surface area contributed by atoms with Crippen LogP contribution in [-0.4, -0.2) is 36.1 Å². The molecule has 0 bridgehead atoms. The van der Waals surface area contributed by atoms with Crippen molar-refractivity contribution < 1.29 is 9.53 Å². The first kappa shape index (κ1) is 13.2. The number of carbonyl (C=O) groups excluding carboxylic acids is 1. The number of hydrogen-bond acceptors (Lipinski definition) is 3. The number of anilines is 1. The lowest BCUT2D eigenvalue weighted by molar-refractivity contribution is -0.0763. The Morgan fingerprint density at radius 2 is 2.22 bits per heavy atom. The Morgan fingerprint density at radius 3 is 2.83 bits per heavy atom. The van der Waals surface area contributed by atoms with E-state index in [1.807, 2.05) is 13.8 Å². The molecule has 0 aliphatic carbocycles. The van der Waals surface area contributed by atoms with Gasteiger partial charge in [0, 0.05) is 23.8 Å². The van der Waals surface area contributed by atoms with Gasteiger partial charge in [-0.3, -0.25) is 4.79 Å². The van der Waals surface area contributed by atoms with Crippen molar-refractivity contribution >= 4 is 23.2 Å². The van der Waals surface area contributed by atoms with E-state index in [0.717, 1.165) is 0 Å². The molecule has 0 unspecified atom stereocenters. The number of rotatable bonds is 1.